The normalized spacial score (nSPS) is 14.5. The molecule has 1 aromatic carbocycles. The van der Waals surface area contributed by atoms with Crippen LogP contribution in [0.2, 0.25) is 5.02 Å². The number of hydrogen-bond acceptors (Lipinski definition) is 2. The summed E-state index contributed by atoms with van der Waals surface area (Å²) in [6, 6.07) is 6.88. The molecule has 3 nitrogen and oxygen atoms in total. The van der Waals surface area contributed by atoms with Crippen molar-refractivity contribution in [1.82, 2.24) is 5.32 Å². The average molecular weight is 255 g/mol. The molecule has 0 aromatic heterocycles. The molecule has 0 radical (unpaired) electrons. The van der Waals surface area contributed by atoms with Gasteiger partial charge in [0.2, 0.25) is 5.91 Å². The number of nitrogens with one attached hydrogen (secondary N) is 1. The monoisotopic (exact) mass is 254 g/mol. The minimum Gasteiger partial charge on any atom is -0.348 e. The second-order valence-corrected chi connectivity index (χ2v) is 4.99. The minimum absolute atomic E-state index is 0.0652. The average Bonchev–Trinajstić information content (AvgIpc) is 2.28. The Morgan fingerprint density at radius 1 is 1.24 bits per heavy atom. The van der Waals surface area contributed by atoms with Crippen molar-refractivity contribution in [3.05, 3.63) is 34.9 Å². The van der Waals surface area contributed by atoms with Crippen LogP contribution in [0.25, 0.3) is 0 Å². The highest BCUT2D eigenvalue weighted by molar-refractivity contribution is 6.30. The van der Waals surface area contributed by atoms with Gasteiger partial charge in [-0.3, -0.25) is 4.79 Å². The number of benzene rings is 1. The highest BCUT2D eigenvalue weighted by Gasteiger charge is 2.19. The number of halogens is 1. The fourth-order valence-electron chi connectivity index (χ4n) is 1.45. The maximum Gasteiger partial charge on any atom is 0.237 e. The number of nitrogens with two attached hydrogens (primary N) is 1. The van der Waals surface area contributed by atoms with Crippen molar-refractivity contribution in [2.45, 2.75) is 32.9 Å². The second-order valence-electron chi connectivity index (χ2n) is 4.55. The highest BCUT2D eigenvalue weighted by Crippen LogP contribution is 2.16. The van der Waals surface area contributed by atoms with Crippen LogP contribution in [0.4, 0.5) is 0 Å². The predicted molar refractivity (Wildman–Crippen MR) is 70.8 cm³/mol. The third-order valence-corrected chi connectivity index (χ3v) is 3.00. The molecule has 0 heterocycles. The third kappa shape index (κ3) is 4.02. The first-order chi connectivity index (χ1) is 7.91. The summed E-state index contributed by atoms with van der Waals surface area (Å²) in [5.74, 6) is 0.00914. The summed E-state index contributed by atoms with van der Waals surface area (Å²) in [6.07, 6.45) is 0. The Kier molecular flexibility index (Phi) is 4.97. The van der Waals surface area contributed by atoms with E-state index < -0.39 is 6.04 Å². The maximum absolute atomic E-state index is 11.8. The fraction of sp³-hybridized carbons (Fsp3) is 0.462. The Morgan fingerprint density at radius 2 is 1.76 bits per heavy atom. The molecule has 3 N–H and O–H groups in total. The highest BCUT2D eigenvalue weighted by atomic mass is 35.5. The summed E-state index contributed by atoms with van der Waals surface area (Å²) in [4.78, 5) is 11.8. The van der Waals surface area contributed by atoms with Crippen LogP contribution < -0.4 is 11.1 Å². The minimum atomic E-state index is -0.468. The van der Waals surface area contributed by atoms with E-state index in [1.165, 1.54) is 0 Å². The van der Waals surface area contributed by atoms with Crippen molar-refractivity contribution in [2.75, 3.05) is 0 Å². The Hall–Kier alpha value is -1.06. The zero-order valence-electron chi connectivity index (χ0n) is 10.4. The molecule has 0 bridgehead atoms. The fourth-order valence-corrected chi connectivity index (χ4v) is 1.57. The van der Waals surface area contributed by atoms with Gasteiger partial charge in [-0.25, -0.2) is 0 Å². The summed E-state index contributed by atoms with van der Waals surface area (Å²) in [7, 11) is 0. The smallest absolute Gasteiger partial charge is 0.237 e. The number of rotatable bonds is 4. The number of carbonyl (C=O) groups is 1. The number of carbonyl (C=O) groups excluding carboxylic acids is 1. The Morgan fingerprint density at radius 3 is 2.24 bits per heavy atom. The van der Waals surface area contributed by atoms with Gasteiger partial charge in [0.05, 0.1) is 12.1 Å². The zero-order valence-corrected chi connectivity index (χ0v) is 11.2. The van der Waals surface area contributed by atoms with Crippen molar-refractivity contribution in [2.24, 2.45) is 11.7 Å². The topological polar surface area (TPSA) is 55.1 Å². The Balaban J connectivity index is 2.63. The molecule has 94 valence electrons. The van der Waals surface area contributed by atoms with Crippen molar-refractivity contribution in [1.29, 1.82) is 0 Å². The molecule has 0 aliphatic heterocycles. The van der Waals surface area contributed by atoms with Gasteiger partial charge < -0.3 is 11.1 Å². The van der Waals surface area contributed by atoms with Crippen LogP contribution in [0, 0.1) is 5.92 Å². The molecule has 0 aliphatic carbocycles. The standard InChI is InChI=1S/C13H19ClN2O/c1-8(2)12(15)13(17)16-9(3)10-4-6-11(14)7-5-10/h4-9,12H,15H2,1-3H3,(H,16,17)/t9-,12-/m0/s1. The van der Waals surface area contributed by atoms with Gasteiger partial charge in [0.25, 0.3) is 0 Å². The maximum atomic E-state index is 11.8. The van der Waals surface area contributed by atoms with E-state index in [1.54, 1.807) is 0 Å². The molecule has 0 fully saturated rings. The molecule has 0 unspecified atom stereocenters. The van der Waals surface area contributed by atoms with Crippen LogP contribution in [0.5, 0.6) is 0 Å². The largest absolute Gasteiger partial charge is 0.348 e. The molecule has 1 rings (SSSR count). The van der Waals surface area contributed by atoms with Gasteiger partial charge in [0, 0.05) is 5.02 Å². The van der Waals surface area contributed by atoms with E-state index in [2.05, 4.69) is 5.32 Å². The van der Waals surface area contributed by atoms with E-state index in [-0.39, 0.29) is 17.9 Å². The lowest BCUT2D eigenvalue weighted by Gasteiger charge is -2.20. The van der Waals surface area contributed by atoms with E-state index in [4.69, 9.17) is 17.3 Å². The number of amides is 1. The van der Waals surface area contributed by atoms with Crippen LogP contribution in [0.3, 0.4) is 0 Å². The summed E-state index contributed by atoms with van der Waals surface area (Å²) in [5.41, 5.74) is 6.79. The molecule has 0 aliphatic rings. The summed E-state index contributed by atoms with van der Waals surface area (Å²) in [5, 5.41) is 3.58. The van der Waals surface area contributed by atoms with Gasteiger partial charge in [-0.15, -0.1) is 0 Å². The van der Waals surface area contributed by atoms with Crippen molar-refractivity contribution in [3.8, 4) is 0 Å². The molecular formula is C13H19ClN2O. The quantitative estimate of drug-likeness (QED) is 0.868. The lowest BCUT2D eigenvalue weighted by atomic mass is 10.0. The Labute approximate surface area is 107 Å². The first-order valence-corrected chi connectivity index (χ1v) is 6.11. The molecule has 0 spiro atoms. The van der Waals surface area contributed by atoms with Gasteiger partial charge in [-0.1, -0.05) is 37.6 Å². The molecule has 1 amide bonds. The van der Waals surface area contributed by atoms with E-state index >= 15 is 0 Å². The summed E-state index contributed by atoms with van der Waals surface area (Å²) in [6.45, 7) is 5.78. The predicted octanol–water partition coefficient (Wildman–Crippen LogP) is 2.50. The van der Waals surface area contributed by atoms with Gasteiger partial charge >= 0.3 is 0 Å². The molecular weight excluding hydrogens is 236 g/mol. The van der Waals surface area contributed by atoms with Gasteiger partial charge in [-0.05, 0) is 30.5 Å². The molecule has 1 aromatic rings. The van der Waals surface area contributed by atoms with E-state index in [1.807, 2.05) is 45.0 Å². The van der Waals surface area contributed by atoms with Crippen LogP contribution >= 0.6 is 11.6 Å². The number of hydrogen-bond donors (Lipinski definition) is 2. The lowest BCUT2D eigenvalue weighted by Crippen LogP contribution is -2.44. The van der Waals surface area contributed by atoms with Gasteiger partial charge in [0.1, 0.15) is 0 Å². The Bertz CT molecular complexity index is 376. The molecule has 2 atom stereocenters. The first kappa shape index (κ1) is 14.0. The van der Waals surface area contributed by atoms with Crippen LogP contribution in [0.15, 0.2) is 24.3 Å². The molecule has 17 heavy (non-hydrogen) atoms. The van der Waals surface area contributed by atoms with E-state index in [9.17, 15) is 4.79 Å². The molecule has 0 saturated carbocycles. The molecule has 4 heteroatoms. The summed E-state index contributed by atoms with van der Waals surface area (Å²) >= 11 is 5.81. The van der Waals surface area contributed by atoms with Crippen molar-refractivity contribution < 1.29 is 4.79 Å². The zero-order chi connectivity index (χ0) is 13.0. The lowest BCUT2D eigenvalue weighted by molar-refractivity contribution is -0.123. The SMILES string of the molecule is CC(C)[C@H](N)C(=O)N[C@@H](C)c1ccc(Cl)cc1. The first-order valence-electron chi connectivity index (χ1n) is 5.73. The van der Waals surface area contributed by atoms with Crippen LogP contribution in [-0.2, 0) is 4.79 Å². The second kappa shape index (κ2) is 6.03. The van der Waals surface area contributed by atoms with E-state index in [0.717, 1.165) is 5.56 Å². The third-order valence-electron chi connectivity index (χ3n) is 2.75. The molecule has 0 saturated heterocycles. The van der Waals surface area contributed by atoms with E-state index in [0.29, 0.717) is 5.02 Å². The van der Waals surface area contributed by atoms with Crippen LogP contribution in [-0.4, -0.2) is 11.9 Å². The van der Waals surface area contributed by atoms with Gasteiger partial charge in [-0.2, -0.15) is 0 Å². The van der Waals surface area contributed by atoms with Crippen molar-refractivity contribution >= 4 is 17.5 Å². The summed E-state index contributed by atoms with van der Waals surface area (Å²) < 4.78 is 0. The van der Waals surface area contributed by atoms with Crippen LogP contribution in [0.1, 0.15) is 32.4 Å². The van der Waals surface area contributed by atoms with Gasteiger partial charge in [0.15, 0.2) is 0 Å². The van der Waals surface area contributed by atoms with Crippen molar-refractivity contribution in [3.63, 3.8) is 0 Å².